The van der Waals surface area contributed by atoms with Gasteiger partial charge in [0, 0.05) is 16.6 Å². The second-order valence-corrected chi connectivity index (χ2v) is 4.76. The molecule has 1 heterocycles. The third-order valence-corrected chi connectivity index (χ3v) is 3.53. The molecule has 15 heavy (non-hydrogen) atoms. The summed E-state index contributed by atoms with van der Waals surface area (Å²) in [6, 6.07) is 6.74. The first-order chi connectivity index (χ1) is 7.18. The second-order valence-electron chi connectivity index (χ2n) is 3.70. The molecule has 0 spiro atoms. The van der Waals surface area contributed by atoms with Gasteiger partial charge in [-0.3, -0.25) is 0 Å². The fourth-order valence-electron chi connectivity index (χ4n) is 1.31. The zero-order valence-corrected chi connectivity index (χ0v) is 9.51. The van der Waals surface area contributed by atoms with E-state index in [4.69, 9.17) is 0 Å². The summed E-state index contributed by atoms with van der Waals surface area (Å²) in [4.78, 5) is 5.44. The number of aromatic nitrogens is 1. The van der Waals surface area contributed by atoms with Crippen molar-refractivity contribution in [3.63, 3.8) is 0 Å². The predicted molar refractivity (Wildman–Crippen MR) is 61.6 cm³/mol. The second kappa shape index (κ2) is 4.11. The first kappa shape index (κ1) is 10.3. The van der Waals surface area contributed by atoms with Gasteiger partial charge in [-0.1, -0.05) is 26.0 Å². The van der Waals surface area contributed by atoms with Crippen molar-refractivity contribution in [1.82, 2.24) is 4.98 Å². The maximum atomic E-state index is 13.5. The zero-order chi connectivity index (χ0) is 10.8. The molecular formula is C12H12FNS. The lowest BCUT2D eigenvalue weighted by Gasteiger charge is -1.98. The molecule has 2 aromatic rings. The zero-order valence-electron chi connectivity index (χ0n) is 8.70. The molecular weight excluding hydrogens is 209 g/mol. The van der Waals surface area contributed by atoms with Gasteiger partial charge in [0.2, 0.25) is 0 Å². The molecule has 0 N–H and O–H groups in total. The SMILES string of the molecule is CC(C)c1cnc(-c2ccccc2F)s1. The highest BCUT2D eigenvalue weighted by atomic mass is 32.1. The molecule has 0 aliphatic rings. The van der Waals surface area contributed by atoms with Crippen LogP contribution < -0.4 is 0 Å². The van der Waals surface area contributed by atoms with Crippen LogP contribution in [0.15, 0.2) is 30.5 Å². The van der Waals surface area contributed by atoms with Crippen LogP contribution in [0.25, 0.3) is 10.6 Å². The Morgan fingerprint density at radius 1 is 1.27 bits per heavy atom. The number of hydrogen-bond acceptors (Lipinski definition) is 2. The Hall–Kier alpha value is -1.22. The van der Waals surface area contributed by atoms with Crippen LogP contribution in [0, 0.1) is 5.82 Å². The van der Waals surface area contributed by atoms with Crippen molar-refractivity contribution in [2.75, 3.05) is 0 Å². The number of rotatable bonds is 2. The Kier molecular flexibility index (Phi) is 2.82. The fraction of sp³-hybridized carbons (Fsp3) is 0.250. The van der Waals surface area contributed by atoms with Gasteiger partial charge >= 0.3 is 0 Å². The van der Waals surface area contributed by atoms with Crippen LogP contribution >= 0.6 is 11.3 Å². The third-order valence-electron chi connectivity index (χ3n) is 2.20. The summed E-state index contributed by atoms with van der Waals surface area (Å²) in [6.07, 6.45) is 1.83. The molecule has 0 amide bonds. The first-order valence-corrected chi connectivity index (χ1v) is 5.70. The minimum absolute atomic E-state index is 0.206. The van der Waals surface area contributed by atoms with Gasteiger partial charge in [0.25, 0.3) is 0 Å². The predicted octanol–water partition coefficient (Wildman–Crippen LogP) is 4.07. The maximum absolute atomic E-state index is 13.5. The minimum atomic E-state index is -0.206. The summed E-state index contributed by atoms with van der Waals surface area (Å²) in [5.41, 5.74) is 0.592. The van der Waals surface area contributed by atoms with Crippen LogP contribution in [-0.4, -0.2) is 4.98 Å². The van der Waals surface area contributed by atoms with Crippen molar-refractivity contribution >= 4 is 11.3 Å². The van der Waals surface area contributed by atoms with E-state index in [2.05, 4.69) is 18.8 Å². The Bertz CT molecular complexity index is 462. The van der Waals surface area contributed by atoms with Crippen LogP contribution in [0.4, 0.5) is 4.39 Å². The van der Waals surface area contributed by atoms with E-state index in [1.54, 1.807) is 23.5 Å². The molecule has 1 nitrogen and oxygen atoms in total. The number of thiazole rings is 1. The number of halogens is 1. The molecule has 2 rings (SSSR count). The molecule has 0 saturated carbocycles. The van der Waals surface area contributed by atoms with E-state index in [1.807, 2.05) is 12.3 Å². The van der Waals surface area contributed by atoms with Gasteiger partial charge in [0.15, 0.2) is 0 Å². The van der Waals surface area contributed by atoms with E-state index in [0.29, 0.717) is 11.5 Å². The lowest BCUT2D eigenvalue weighted by molar-refractivity contribution is 0.631. The van der Waals surface area contributed by atoms with Crippen LogP contribution in [0.3, 0.4) is 0 Å². The molecule has 0 radical (unpaired) electrons. The molecule has 1 aromatic carbocycles. The molecule has 1 aromatic heterocycles. The average Bonchev–Trinajstić information content (AvgIpc) is 2.67. The van der Waals surface area contributed by atoms with E-state index in [1.165, 1.54) is 10.9 Å². The molecule has 0 unspecified atom stereocenters. The number of nitrogens with zero attached hydrogens (tertiary/aromatic N) is 1. The lowest BCUT2D eigenvalue weighted by atomic mass is 10.2. The third kappa shape index (κ3) is 2.07. The smallest absolute Gasteiger partial charge is 0.133 e. The van der Waals surface area contributed by atoms with Crippen molar-refractivity contribution in [2.45, 2.75) is 19.8 Å². The fourth-order valence-corrected chi connectivity index (χ4v) is 2.26. The lowest BCUT2D eigenvalue weighted by Crippen LogP contribution is -1.80. The van der Waals surface area contributed by atoms with Crippen LogP contribution in [0.1, 0.15) is 24.6 Å². The van der Waals surface area contributed by atoms with E-state index in [0.717, 1.165) is 5.01 Å². The summed E-state index contributed by atoms with van der Waals surface area (Å²) in [5.74, 6) is 0.241. The van der Waals surface area contributed by atoms with E-state index in [-0.39, 0.29) is 5.82 Å². The van der Waals surface area contributed by atoms with Crippen LogP contribution in [-0.2, 0) is 0 Å². The molecule has 0 saturated heterocycles. The standard InChI is InChI=1S/C12H12FNS/c1-8(2)11-7-14-12(15-11)9-5-3-4-6-10(9)13/h3-8H,1-2H3. The van der Waals surface area contributed by atoms with Gasteiger partial charge in [-0.15, -0.1) is 11.3 Å². The van der Waals surface area contributed by atoms with Crippen molar-refractivity contribution in [2.24, 2.45) is 0 Å². The van der Waals surface area contributed by atoms with Crippen LogP contribution in [0.5, 0.6) is 0 Å². The van der Waals surface area contributed by atoms with Crippen molar-refractivity contribution in [3.8, 4) is 10.6 Å². The van der Waals surface area contributed by atoms with Gasteiger partial charge in [-0.05, 0) is 18.1 Å². The normalized spacial score (nSPS) is 10.9. The van der Waals surface area contributed by atoms with Gasteiger partial charge in [0.1, 0.15) is 10.8 Å². The van der Waals surface area contributed by atoms with Crippen LogP contribution in [0.2, 0.25) is 0 Å². The summed E-state index contributed by atoms with van der Waals surface area (Å²) < 4.78 is 13.5. The highest BCUT2D eigenvalue weighted by molar-refractivity contribution is 7.15. The highest BCUT2D eigenvalue weighted by Crippen LogP contribution is 2.30. The summed E-state index contributed by atoms with van der Waals surface area (Å²) in [7, 11) is 0. The summed E-state index contributed by atoms with van der Waals surface area (Å²) >= 11 is 1.56. The van der Waals surface area contributed by atoms with E-state index in [9.17, 15) is 4.39 Å². The van der Waals surface area contributed by atoms with E-state index < -0.39 is 0 Å². The molecule has 0 aliphatic heterocycles. The topological polar surface area (TPSA) is 12.9 Å². The quantitative estimate of drug-likeness (QED) is 0.744. The van der Waals surface area contributed by atoms with Crippen molar-refractivity contribution in [3.05, 3.63) is 41.2 Å². The van der Waals surface area contributed by atoms with Gasteiger partial charge in [-0.2, -0.15) is 0 Å². The molecule has 0 bridgehead atoms. The molecule has 3 heteroatoms. The average molecular weight is 221 g/mol. The first-order valence-electron chi connectivity index (χ1n) is 4.89. The van der Waals surface area contributed by atoms with Gasteiger partial charge < -0.3 is 0 Å². The monoisotopic (exact) mass is 221 g/mol. The Morgan fingerprint density at radius 2 is 2.00 bits per heavy atom. The highest BCUT2D eigenvalue weighted by Gasteiger charge is 2.10. The Balaban J connectivity index is 2.42. The molecule has 0 atom stereocenters. The van der Waals surface area contributed by atoms with Gasteiger partial charge in [-0.25, -0.2) is 9.37 Å². The minimum Gasteiger partial charge on any atom is -0.244 e. The Labute approximate surface area is 92.6 Å². The Morgan fingerprint density at radius 3 is 2.60 bits per heavy atom. The number of hydrogen-bond donors (Lipinski definition) is 0. The maximum Gasteiger partial charge on any atom is 0.133 e. The van der Waals surface area contributed by atoms with Crippen molar-refractivity contribution in [1.29, 1.82) is 0 Å². The molecule has 0 aliphatic carbocycles. The summed E-state index contributed by atoms with van der Waals surface area (Å²) in [5, 5.41) is 0.761. The molecule has 78 valence electrons. The molecule has 0 fully saturated rings. The van der Waals surface area contributed by atoms with Crippen molar-refractivity contribution < 1.29 is 4.39 Å². The summed E-state index contributed by atoms with van der Waals surface area (Å²) in [6.45, 7) is 4.22. The van der Waals surface area contributed by atoms with Gasteiger partial charge in [0.05, 0.1) is 0 Å². The number of benzene rings is 1. The van der Waals surface area contributed by atoms with E-state index >= 15 is 0 Å². The largest absolute Gasteiger partial charge is 0.244 e.